The van der Waals surface area contributed by atoms with Crippen molar-refractivity contribution < 1.29 is 9.18 Å². The van der Waals surface area contributed by atoms with Crippen molar-refractivity contribution in [3.8, 4) is 0 Å². The fourth-order valence-electron chi connectivity index (χ4n) is 2.38. The summed E-state index contributed by atoms with van der Waals surface area (Å²) in [4.78, 5) is 15.4. The van der Waals surface area contributed by atoms with E-state index >= 15 is 0 Å². The first-order valence-corrected chi connectivity index (χ1v) is 8.96. The van der Waals surface area contributed by atoms with E-state index in [2.05, 4.69) is 28.5 Å². The third-order valence-electron chi connectivity index (χ3n) is 3.95. The highest BCUT2D eigenvalue weighted by atomic mass is 32.1. The molecule has 0 aliphatic carbocycles. The topological polar surface area (TPSA) is 54.9 Å². The molecular weight excluding hydrogens is 325 g/mol. The van der Waals surface area contributed by atoms with Gasteiger partial charge in [0.25, 0.3) is 0 Å². The summed E-state index contributed by atoms with van der Waals surface area (Å²) in [5.41, 5.74) is 0.937. The second-order valence-electron chi connectivity index (χ2n) is 6.67. The molecular formula is C18H24FN3OS. The first-order valence-electron chi connectivity index (χ1n) is 8.19. The van der Waals surface area contributed by atoms with E-state index < -0.39 is 0 Å². The van der Waals surface area contributed by atoms with Crippen molar-refractivity contribution in [2.45, 2.75) is 51.9 Å². The second kappa shape index (κ2) is 8.33. The van der Waals surface area contributed by atoms with Gasteiger partial charge in [-0.1, -0.05) is 26.0 Å². The zero-order valence-corrected chi connectivity index (χ0v) is 15.3. The zero-order valence-electron chi connectivity index (χ0n) is 14.4. The number of hydrogen-bond acceptors (Lipinski definition) is 5. The van der Waals surface area contributed by atoms with Crippen LogP contribution in [-0.4, -0.2) is 21.7 Å². The monoisotopic (exact) mass is 349 g/mol. The predicted octanol–water partition coefficient (Wildman–Crippen LogP) is 4.37. The predicted molar refractivity (Wildman–Crippen MR) is 96.1 cm³/mol. The maximum absolute atomic E-state index is 13.0. The summed E-state index contributed by atoms with van der Waals surface area (Å²) < 4.78 is 17.4. The van der Waals surface area contributed by atoms with E-state index in [0.717, 1.165) is 35.8 Å². The summed E-state index contributed by atoms with van der Waals surface area (Å²) in [5, 5.41) is 4.12. The number of nitrogens with one attached hydrogen (secondary N) is 1. The number of anilines is 1. The molecule has 130 valence electrons. The standard InChI is InChI=1S/C18H24FN3OS/c1-13(23)6-4-5-7-16-21-17(24-22-16)20-12-18(2,3)14-8-10-15(19)11-9-14/h8-11H,4-7,12H2,1-3H3,(H,20,21,22). The van der Waals surface area contributed by atoms with Crippen LogP contribution >= 0.6 is 11.5 Å². The number of ketones is 1. The minimum Gasteiger partial charge on any atom is -0.359 e. The Labute approximate surface area is 146 Å². The molecule has 0 fully saturated rings. The number of unbranched alkanes of at least 4 members (excludes halogenated alkanes) is 1. The fraction of sp³-hybridized carbons (Fsp3) is 0.500. The molecule has 0 amide bonds. The highest BCUT2D eigenvalue weighted by molar-refractivity contribution is 7.09. The Hall–Kier alpha value is -1.82. The highest BCUT2D eigenvalue weighted by Gasteiger charge is 2.21. The first-order chi connectivity index (χ1) is 11.4. The van der Waals surface area contributed by atoms with Gasteiger partial charge in [0.15, 0.2) is 0 Å². The minimum absolute atomic E-state index is 0.138. The van der Waals surface area contributed by atoms with Crippen molar-refractivity contribution in [2.75, 3.05) is 11.9 Å². The Kier molecular flexibility index (Phi) is 6.43. The molecule has 1 aromatic carbocycles. The van der Waals surface area contributed by atoms with Crippen molar-refractivity contribution in [2.24, 2.45) is 0 Å². The van der Waals surface area contributed by atoms with E-state index in [-0.39, 0.29) is 17.0 Å². The average molecular weight is 349 g/mol. The van der Waals surface area contributed by atoms with Crippen LogP contribution in [0.25, 0.3) is 0 Å². The molecule has 0 atom stereocenters. The lowest BCUT2D eigenvalue weighted by atomic mass is 9.85. The molecule has 0 radical (unpaired) electrons. The van der Waals surface area contributed by atoms with Crippen molar-refractivity contribution in [3.63, 3.8) is 0 Å². The molecule has 6 heteroatoms. The lowest BCUT2D eigenvalue weighted by molar-refractivity contribution is -0.117. The minimum atomic E-state index is -0.221. The Bertz CT molecular complexity index is 667. The lowest BCUT2D eigenvalue weighted by Crippen LogP contribution is -2.27. The number of carbonyl (C=O) groups excluding carboxylic acids is 1. The summed E-state index contributed by atoms with van der Waals surface area (Å²) >= 11 is 1.35. The molecule has 0 aliphatic rings. The molecule has 2 aromatic rings. The van der Waals surface area contributed by atoms with Gasteiger partial charge in [-0.3, -0.25) is 0 Å². The normalized spacial score (nSPS) is 11.5. The third-order valence-corrected chi connectivity index (χ3v) is 4.67. The van der Waals surface area contributed by atoms with Crippen LogP contribution in [0, 0.1) is 5.82 Å². The summed E-state index contributed by atoms with van der Waals surface area (Å²) in [6.07, 6.45) is 3.24. The van der Waals surface area contributed by atoms with Gasteiger partial charge in [-0.25, -0.2) is 9.37 Å². The zero-order chi connectivity index (χ0) is 17.6. The number of aryl methyl sites for hydroxylation is 1. The van der Waals surface area contributed by atoms with Gasteiger partial charge in [0.05, 0.1) is 0 Å². The van der Waals surface area contributed by atoms with E-state index in [1.165, 1.54) is 23.7 Å². The van der Waals surface area contributed by atoms with Gasteiger partial charge >= 0.3 is 0 Å². The molecule has 1 aromatic heterocycles. The quantitative estimate of drug-likeness (QED) is 0.683. The average Bonchev–Trinajstić information content (AvgIpc) is 2.98. The van der Waals surface area contributed by atoms with E-state index in [0.29, 0.717) is 13.0 Å². The van der Waals surface area contributed by atoms with E-state index in [1.807, 2.05) is 12.1 Å². The summed E-state index contributed by atoms with van der Waals surface area (Å²) in [5.74, 6) is 0.832. The van der Waals surface area contributed by atoms with Crippen LogP contribution in [0.4, 0.5) is 9.52 Å². The number of rotatable bonds is 9. The molecule has 0 bridgehead atoms. The smallest absolute Gasteiger partial charge is 0.202 e. The molecule has 0 unspecified atom stereocenters. The van der Waals surface area contributed by atoms with Crippen LogP contribution in [0.3, 0.4) is 0 Å². The molecule has 0 saturated heterocycles. The number of halogens is 1. The van der Waals surface area contributed by atoms with Gasteiger partial charge in [-0.05, 0) is 37.5 Å². The number of benzene rings is 1. The van der Waals surface area contributed by atoms with Crippen molar-refractivity contribution in [3.05, 3.63) is 41.5 Å². The number of carbonyl (C=O) groups is 1. The molecule has 2 rings (SSSR count). The molecule has 0 aliphatic heterocycles. The number of aromatic nitrogens is 2. The van der Waals surface area contributed by atoms with Crippen LogP contribution in [0.15, 0.2) is 24.3 Å². The Morgan fingerprint density at radius 2 is 1.96 bits per heavy atom. The number of Topliss-reactive ketones (excluding diaryl/α,β-unsaturated/α-hetero) is 1. The van der Waals surface area contributed by atoms with E-state index in [4.69, 9.17) is 0 Å². The SMILES string of the molecule is CC(=O)CCCCc1nsc(NCC(C)(C)c2ccc(F)cc2)n1. The molecule has 0 spiro atoms. The van der Waals surface area contributed by atoms with Crippen molar-refractivity contribution >= 4 is 22.4 Å². The van der Waals surface area contributed by atoms with Crippen LogP contribution in [0.1, 0.15) is 51.4 Å². The number of hydrogen-bond donors (Lipinski definition) is 1. The van der Waals surface area contributed by atoms with Gasteiger partial charge < -0.3 is 10.1 Å². The summed E-state index contributed by atoms with van der Waals surface area (Å²) in [6.45, 7) is 6.53. The van der Waals surface area contributed by atoms with Gasteiger partial charge in [-0.15, -0.1) is 0 Å². The summed E-state index contributed by atoms with van der Waals surface area (Å²) in [7, 11) is 0. The van der Waals surface area contributed by atoms with E-state index in [9.17, 15) is 9.18 Å². The van der Waals surface area contributed by atoms with Crippen LogP contribution < -0.4 is 5.32 Å². The fourth-order valence-corrected chi connectivity index (χ4v) is 2.99. The molecule has 4 nitrogen and oxygen atoms in total. The van der Waals surface area contributed by atoms with Gasteiger partial charge in [0.2, 0.25) is 5.13 Å². The third kappa shape index (κ3) is 5.67. The Morgan fingerprint density at radius 1 is 1.25 bits per heavy atom. The molecule has 0 saturated carbocycles. The second-order valence-corrected chi connectivity index (χ2v) is 7.42. The van der Waals surface area contributed by atoms with Gasteiger partial charge in [0, 0.05) is 36.3 Å². The van der Waals surface area contributed by atoms with E-state index in [1.54, 1.807) is 6.92 Å². The highest BCUT2D eigenvalue weighted by Crippen LogP contribution is 2.24. The van der Waals surface area contributed by atoms with Gasteiger partial charge in [-0.2, -0.15) is 4.37 Å². The largest absolute Gasteiger partial charge is 0.359 e. The lowest BCUT2D eigenvalue weighted by Gasteiger charge is -2.25. The molecule has 1 heterocycles. The van der Waals surface area contributed by atoms with Gasteiger partial charge in [0.1, 0.15) is 17.4 Å². The molecule has 1 N–H and O–H groups in total. The van der Waals surface area contributed by atoms with Crippen LogP contribution in [0.5, 0.6) is 0 Å². The first kappa shape index (κ1) is 18.5. The Morgan fingerprint density at radius 3 is 2.62 bits per heavy atom. The van der Waals surface area contributed by atoms with Crippen LogP contribution in [-0.2, 0) is 16.6 Å². The van der Waals surface area contributed by atoms with Crippen molar-refractivity contribution in [1.29, 1.82) is 0 Å². The Balaban J connectivity index is 1.83. The van der Waals surface area contributed by atoms with Crippen molar-refractivity contribution in [1.82, 2.24) is 9.36 Å². The molecule has 24 heavy (non-hydrogen) atoms. The summed E-state index contributed by atoms with van der Waals surface area (Å²) in [6, 6.07) is 6.61. The number of nitrogens with zero attached hydrogens (tertiary/aromatic N) is 2. The van der Waals surface area contributed by atoms with Crippen LogP contribution in [0.2, 0.25) is 0 Å². The maximum Gasteiger partial charge on any atom is 0.202 e. The maximum atomic E-state index is 13.0.